The molecule has 0 aliphatic rings. The molecule has 0 spiro atoms. The zero-order chi connectivity index (χ0) is 58.2. The first-order valence-electron chi connectivity index (χ1n) is 26.1. The van der Waals surface area contributed by atoms with Crippen LogP contribution in [0.2, 0.25) is 0 Å². The summed E-state index contributed by atoms with van der Waals surface area (Å²) in [5.74, 6) is -7.88. The Kier molecular flexibility index (Phi) is 27.4. The van der Waals surface area contributed by atoms with Gasteiger partial charge in [-0.1, -0.05) is 65.7 Å². The van der Waals surface area contributed by atoms with E-state index in [1.165, 1.54) is 26.0 Å². The van der Waals surface area contributed by atoms with E-state index >= 15 is 0 Å². The average molecular weight is 1130 g/mol. The van der Waals surface area contributed by atoms with Gasteiger partial charge in [0.05, 0.1) is 12.6 Å². The molecule has 0 unspecified atom stereocenters. The molecule has 430 valence electrons. The second-order valence-corrected chi connectivity index (χ2v) is 20.6. The van der Waals surface area contributed by atoms with E-state index in [-0.39, 0.29) is 30.7 Å². The third kappa shape index (κ3) is 21.1. The van der Waals surface area contributed by atoms with Gasteiger partial charge >= 0.3 is 0 Å². The van der Waals surface area contributed by atoms with E-state index in [0.29, 0.717) is 54.2 Å². The third-order valence-electron chi connectivity index (χ3n) is 12.6. The van der Waals surface area contributed by atoms with Crippen LogP contribution in [0.5, 0.6) is 0 Å². The van der Waals surface area contributed by atoms with Crippen molar-refractivity contribution in [2.24, 2.45) is 23.3 Å². The minimum Gasteiger partial charge on any atom is -0.391 e. The number of anilines is 1. The lowest BCUT2D eigenvalue weighted by molar-refractivity contribution is -0.135. The first-order valence-corrected chi connectivity index (χ1v) is 27.1. The number of primary amides is 2. The van der Waals surface area contributed by atoms with Crippen molar-refractivity contribution in [1.82, 2.24) is 47.5 Å². The lowest BCUT2D eigenvalue weighted by Gasteiger charge is -2.27. The topological polar surface area (TPSA) is 358 Å². The van der Waals surface area contributed by atoms with Crippen molar-refractivity contribution >= 4 is 98.9 Å². The molecule has 3 aromatic rings. The summed E-state index contributed by atoms with van der Waals surface area (Å²) >= 11 is 11.9. The fraction of sp³-hybridized carbons (Fsp3) is 0.547. The van der Waals surface area contributed by atoms with Crippen molar-refractivity contribution in [1.29, 1.82) is 0 Å². The number of aliphatic hydroxyl groups excluding tert-OH is 1. The number of benzene rings is 2. The first-order chi connectivity index (χ1) is 36.9. The molecule has 1 aromatic heterocycles. The van der Waals surface area contributed by atoms with Gasteiger partial charge in [-0.05, 0) is 80.8 Å². The number of rotatable bonds is 34. The van der Waals surface area contributed by atoms with Crippen molar-refractivity contribution in [3.05, 3.63) is 65.9 Å². The SMILES string of the molecule is CCCC[C@H](NC(=O)[C@H](CC(C)C)NC(=O)CNC(=O)[C@@H](NC(=O)[C@H](C)NC(=O)[C@H](Cc1c[nH]c2ccccc12)NC(=O)[C@H](CCC(N)=O)NC(=O)[C@@H](NC(=O)c1ccc(N(CCCl)CCCl)cc1)[C@@H](C)O)C(C)C)C(N)=O. The van der Waals surface area contributed by atoms with Crippen molar-refractivity contribution in [2.45, 2.75) is 142 Å². The Morgan fingerprint density at radius 2 is 1.26 bits per heavy atom. The first kappa shape index (κ1) is 65.3. The number of para-hydroxylation sites is 1. The number of fused-ring (bicyclic) bond motifs is 1. The molecule has 8 atom stereocenters. The molecule has 0 saturated carbocycles. The van der Waals surface area contributed by atoms with Crippen LogP contribution in [-0.2, 0) is 49.6 Å². The van der Waals surface area contributed by atoms with E-state index in [4.69, 9.17) is 34.7 Å². The number of nitrogens with one attached hydrogen (secondary N) is 9. The number of unbranched alkanes of at least 4 members (excludes halogenated alkanes) is 1. The minimum atomic E-state index is -1.61. The number of aromatic amines is 1. The van der Waals surface area contributed by atoms with E-state index in [9.17, 15) is 53.1 Å². The summed E-state index contributed by atoms with van der Waals surface area (Å²) in [5.41, 5.74) is 13.1. The molecule has 0 saturated heterocycles. The smallest absolute Gasteiger partial charge is 0.252 e. The molecule has 0 fully saturated rings. The van der Waals surface area contributed by atoms with Gasteiger partial charge in [-0.15, -0.1) is 23.2 Å². The van der Waals surface area contributed by atoms with Crippen molar-refractivity contribution in [3.63, 3.8) is 0 Å². The second-order valence-electron chi connectivity index (χ2n) is 19.8. The van der Waals surface area contributed by atoms with Crippen molar-refractivity contribution in [2.75, 3.05) is 36.3 Å². The van der Waals surface area contributed by atoms with Gasteiger partial charge in [0.2, 0.25) is 53.2 Å². The average Bonchev–Trinajstić information content (AvgIpc) is 3.81. The summed E-state index contributed by atoms with van der Waals surface area (Å²) in [6, 6.07) is 4.40. The molecular formula is C53H78Cl2N12O11. The molecule has 10 amide bonds. The van der Waals surface area contributed by atoms with Crippen LogP contribution in [0, 0.1) is 11.8 Å². The number of aliphatic hydroxyl groups is 1. The lowest BCUT2D eigenvalue weighted by atomic mass is 10.0. The van der Waals surface area contributed by atoms with Crippen molar-refractivity contribution < 1.29 is 53.1 Å². The van der Waals surface area contributed by atoms with Gasteiger partial charge in [0.15, 0.2) is 0 Å². The maximum atomic E-state index is 14.3. The van der Waals surface area contributed by atoms with Crippen LogP contribution in [0.3, 0.4) is 0 Å². The Hall–Kier alpha value is -6.98. The molecule has 25 heteroatoms. The molecule has 23 nitrogen and oxygen atoms in total. The zero-order valence-electron chi connectivity index (χ0n) is 45.3. The molecule has 0 aliphatic heterocycles. The minimum absolute atomic E-state index is 0.0476. The van der Waals surface area contributed by atoms with E-state index in [2.05, 4.69) is 47.5 Å². The number of carbonyl (C=O) groups is 10. The fourth-order valence-electron chi connectivity index (χ4n) is 8.23. The van der Waals surface area contributed by atoms with Crippen molar-refractivity contribution in [3.8, 4) is 0 Å². The highest BCUT2D eigenvalue weighted by atomic mass is 35.5. The Bertz CT molecular complexity index is 2520. The molecule has 0 aliphatic carbocycles. The van der Waals surface area contributed by atoms with Crippen LogP contribution in [0.25, 0.3) is 10.9 Å². The standard InChI is InChI=1S/C53H78Cl2N12O11/c1-8-9-13-38(46(57)71)62-51(76)40(25-29(2)3)61-43(70)28-59-52(77)44(30(4)5)65-47(72)31(6)60-50(75)41(26-34-27-58-37-14-11-10-12-36(34)37)64-49(74)39(19-20-42(56)69)63-53(78)45(32(7)68)66-48(73)33-15-17-35(18-16-33)67(23-21-54)24-22-55/h10-12,14-18,27,29-32,38-41,44-45,58,68H,8-9,13,19-26,28H2,1-7H3,(H2,56,69)(H2,57,71)(H,59,77)(H,60,75)(H,61,70)(H,62,76)(H,63,78)(H,64,74)(H,65,72)(H,66,73)/t31-,32+,38-,39-,40-,41-,44-,45-/m0/s1. The number of aromatic nitrogens is 1. The Morgan fingerprint density at radius 1 is 0.654 bits per heavy atom. The van der Waals surface area contributed by atoms with Gasteiger partial charge in [-0.2, -0.15) is 0 Å². The van der Waals surface area contributed by atoms with E-state index in [1.54, 1.807) is 56.4 Å². The van der Waals surface area contributed by atoms with Gasteiger partial charge in [-0.3, -0.25) is 47.9 Å². The number of carbonyl (C=O) groups excluding carboxylic acids is 10. The van der Waals surface area contributed by atoms with E-state index in [1.807, 2.05) is 25.7 Å². The van der Waals surface area contributed by atoms with Crippen LogP contribution < -0.4 is 58.9 Å². The summed E-state index contributed by atoms with van der Waals surface area (Å²) in [6.07, 6.45) is 1.17. The molecule has 1 heterocycles. The molecular weight excluding hydrogens is 1050 g/mol. The van der Waals surface area contributed by atoms with Gasteiger partial charge in [0.25, 0.3) is 5.91 Å². The quantitative estimate of drug-likeness (QED) is 0.0371. The lowest BCUT2D eigenvalue weighted by Crippen LogP contribution is -2.60. The Balaban J connectivity index is 1.80. The largest absolute Gasteiger partial charge is 0.391 e. The van der Waals surface area contributed by atoms with Gasteiger partial charge in [0, 0.05) is 66.0 Å². The van der Waals surface area contributed by atoms with Crippen LogP contribution in [-0.4, -0.2) is 149 Å². The molecule has 78 heavy (non-hydrogen) atoms. The molecule has 14 N–H and O–H groups in total. The normalized spacial score (nSPS) is 14.3. The number of halogens is 2. The monoisotopic (exact) mass is 1130 g/mol. The predicted molar refractivity (Wildman–Crippen MR) is 297 cm³/mol. The second kappa shape index (κ2) is 32.7. The number of amides is 10. The van der Waals surface area contributed by atoms with Crippen LogP contribution in [0.4, 0.5) is 5.69 Å². The number of hydrogen-bond donors (Lipinski definition) is 12. The molecule has 0 radical (unpaired) electrons. The maximum Gasteiger partial charge on any atom is 0.252 e. The number of alkyl halides is 2. The van der Waals surface area contributed by atoms with Crippen LogP contribution in [0.1, 0.15) is 103 Å². The number of nitrogens with zero attached hydrogens (tertiary/aromatic N) is 1. The van der Waals surface area contributed by atoms with E-state index < -0.39 is 126 Å². The highest BCUT2D eigenvalue weighted by molar-refractivity contribution is 6.18. The highest BCUT2D eigenvalue weighted by Gasteiger charge is 2.35. The Labute approximate surface area is 464 Å². The molecule has 0 bridgehead atoms. The predicted octanol–water partition coefficient (Wildman–Crippen LogP) is 0.862. The number of H-pyrrole nitrogens is 1. The fourth-order valence-corrected chi connectivity index (χ4v) is 8.64. The Morgan fingerprint density at radius 3 is 1.83 bits per heavy atom. The summed E-state index contributed by atoms with van der Waals surface area (Å²) in [7, 11) is 0. The molecule has 3 rings (SSSR count). The third-order valence-corrected chi connectivity index (χ3v) is 12.9. The van der Waals surface area contributed by atoms with Crippen LogP contribution in [0.15, 0.2) is 54.7 Å². The number of hydrogen-bond acceptors (Lipinski definition) is 12. The van der Waals surface area contributed by atoms with Gasteiger partial charge in [-0.25, -0.2) is 0 Å². The summed E-state index contributed by atoms with van der Waals surface area (Å²) in [5, 5.41) is 31.9. The molecule has 2 aromatic carbocycles. The summed E-state index contributed by atoms with van der Waals surface area (Å²) in [4.78, 5) is 138. The van der Waals surface area contributed by atoms with Crippen LogP contribution >= 0.6 is 23.2 Å². The van der Waals surface area contributed by atoms with Gasteiger partial charge in [0.1, 0.15) is 42.3 Å². The maximum absolute atomic E-state index is 14.3. The summed E-state index contributed by atoms with van der Waals surface area (Å²) in [6.45, 7) is 11.9. The van der Waals surface area contributed by atoms with E-state index in [0.717, 1.165) is 12.1 Å². The zero-order valence-corrected chi connectivity index (χ0v) is 46.9. The number of nitrogens with two attached hydrogens (primary N) is 2. The van der Waals surface area contributed by atoms with Gasteiger partial charge < -0.3 is 69.0 Å². The highest BCUT2D eigenvalue weighted by Crippen LogP contribution is 2.20. The summed E-state index contributed by atoms with van der Waals surface area (Å²) < 4.78 is 0.